The van der Waals surface area contributed by atoms with Gasteiger partial charge in [0.1, 0.15) is 5.54 Å². The molecule has 2 fully saturated rings. The smallest absolute Gasteiger partial charge is 0.312 e. The Morgan fingerprint density at radius 1 is 1.09 bits per heavy atom. The number of carbonyl (C=O) groups excluding carboxylic acids is 2. The van der Waals surface area contributed by atoms with E-state index in [0.29, 0.717) is 25.9 Å². The Hall–Kier alpha value is -2.70. The second-order valence-corrected chi connectivity index (χ2v) is 9.05. The van der Waals surface area contributed by atoms with Crippen molar-refractivity contribution in [3.05, 3.63) is 71.0 Å². The van der Waals surface area contributed by atoms with Crippen molar-refractivity contribution in [1.82, 2.24) is 19.7 Å². The molecule has 0 atom stereocenters. The number of urea groups is 1. The van der Waals surface area contributed by atoms with Crippen LogP contribution in [0.3, 0.4) is 0 Å². The predicted molar refractivity (Wildman–Crippen MR) is 126 cm³/mol. The number of aromatic nitrogens is 1. The van der Waals surface area contributed by atoms with Gasteiger partial charge in [-0.05, 0) is 55.0 Å². The molecular weight excluding hydrogens is 424 g/mol. The number of hydrogen-bond acceptors (Lipinski definition) is 4. The van der Waals surface area contributed by atoms with Gasteiger partial charge in [-0.2, -0.15) is 0 Å². The number of pyridine rings is 1. The first-order valence-corrected chi connectivity index (χ1v) is 11.5. The second kappa shape index (κ2) is 9.84. The van der Waals surface area contributed by atoms with Gasteiger partial charge >= 0.3 is 6.03 Å². The van der Waals surface area contributed by atoms with Crippen LogP contribution in [0.1, 0.15) is 30.4 Å². The molecule has 32 heavy (non-hydrogen) atoms. The third-order valence-corrected chi connectivity index (χ3v) is 6.81. The summed E-state index contributed by atoms with van der Waals surface area (Å²) < 4.78 is 0. The van der Waals surface area contributed by atoms with Gasteiger partial charge in [0, 0.05) is 50.7 Å². The lowest BCUT2D eigenvalue weighted by Gasteiger charge is -2.40. The maximum Gasteiger partial charge on any atom is 0.327 e. The van der Waals surface area contributed by atoms with E-state index < -0.39 is 5.54 Å². The third kappa shape index (κ3) is 4.71. The standard InChI is InChI=1S/C25H29ClN4O2/c1-28-24(32)30(15-5-8-20-9-13-27-14-10-20)23(31)25(28)11-16-29(17-12-25)19-22(26)18-21-6-3-2-4-7-21/h2-4,6-7,9-10,13-14,18H,5,8,11-12,15-17,19H2,1H3. The summed E-state index contributed by atoms with van der Waals surface area (Å²) in [7, 11) is 1.76. The van der Waals surface area contributed by atoms with E-state index in [1.165, 1.54) is 4.90 Å². The van der Waals surface area contributed by atoms with Crippen LogP contribution >= 0.6 is 11.6 Å². The maximum atomic E-state index is 13.3. The zero-order chi connectivity index (χ0) is 22.6. The van der Waals surface area contributed by atoms with Crippen molar-refractivity contribution in [2.45, 2.75) is 31.2 Å². The van der Waals surface area contributed by atoms with Crippen LogP contribution in [-0.4, -0.2) is 70.4 Å². The minimum atomic E-state index is -0.722. The second-order valence-electron chi connectivity index (χ2n) is 8.57. The van der Waals surface area contributed by atoms with E-state index in [0.717, 1.165) is 42.1 Å². The van der Waals surface area contributed by atoms with Crippen molar-refractivity contribution in [3.8, 4) is 0 Å². The van der Waals surface area contributed by atoms with Crippen molar-refractivity contribution < 1.29 is 9.59 Å². The van der Waals surface area contributed by atoms with Gasteiger partial charge in [0.05, 0.1) is 0 Å². The molecule has 6 nitrogen and oxygen atoms in total. The van der Waals surface area contributed by atoms with Crippen molar-refractivity contribution in [2.75, 3.05) is 33.2 Å². The minimum Gasteiger partial charge on any atom is -0.312 e. The first-order valence-electron chi connectivity index (χ1n) is 11.1. The Kier molecular flexibility index (Phi) is 6.92. The van der Waals surface area contributed by atoms with Crippen LogP contribution in [0, 0.1) is 0 Å². The van der Waals surface area contributed by atoms with Crippen molar-refractivity contribution in [1.29, 1.82) is 0 Å². The van der Waals surface area contributed by atoms with E-state index in [1.807, 2.05) is 48.5 Å². The fourth-order valence-corrected chi connectivity index (χ4v) is 4.95. The Morgan fingerprint density at radius 2 is 1.78 bits per heavy atom. The van der Waals surface area contributed by atoms with Crippen LogP contribution < -0.4 is 0 Å². The van der Waals surface area contributed by atoms with E-state index in [9.17, 15) is 9.59 Å². The van der Waals surface area contributed by atoms with E-state index in [-0.39, 0.29) is 11.9 Å². The van der Waals surface area contributed by atoms with Gasteiger partial charge in [0.2, 0.25) is 0 Å². The highest BCUT2D eigenvalue weighted by atomic mass is 35.5. The topological polar surface area (TPSA) is 56.8 Å². The maximum absolute atomic E-state index is 13.3. The number of hydrogen-bond donors (Lipinski definition) is 0. The molecule has 0 unspecified atom stereocenters. The number of likely N-dealkylation sites (N-methyl/N-ethyl adjacent to an activating group) is 1. The molecular formula is C25H29ClN4O2. The number of imide groups is 1. The Labute approximate surface area is 194 Å². The molecule has 168 valence electrons. The summed E-state index contributed by atoms with van der Waals surface area (Å²) in [6, 6.07) is 13.8. The summed E-state index contributed by atoms with van der Waals surface area (Å²) in [4.78, 5) is 35.6. The molecule has 7 heteroatoms. The Bertz CT molecular complexity index is 972. The first-order chi connectivity index (χ1) is 15.5. The van der Waals surface area contributed by atoms with E-state index in [2.05, 4.69) is 9.88 Å². The quantitative estimate of drug-likeness (QED) is 0.595. The number of aryl methyl sites for hydroxylation is 1. The van der Waals surface area contributed by atoms with Gasteiger partial charge in [0.15, 0.2) is 0 Å². The molecule has 0 bridgehead atoms. The summed E-state index contributed by atoms with van der Waals surface area (Å²) >= 11 is 6.49. The zero-order valence-electron chi connectivity index (χ0n) is 18.4. The van der Waals surface area contributed by atoms with Crippen LogP contribution in [0.2, 0.25) is 0 Å². The molecule has 0 aliphatic carbocycles. The van der Waals surface area contributed by atoms with Crippen LogP contribution in [0.15, 0.2) is 59.9 Å². The highest BCUT2D eigenvalue weighted by Gasteiger charge is 2.56. The lowest BCUT2D eigenvalue weighted by atomic mass is 9.86. The van der Waals surface area contributed by atoms with Crippen LogP contribution in [0.4, 0.5) is 4.79 Å². The molecule has 2 aliphatic heterocycles. The number of amides is 3. The third-order valence-electron chi connectivity index (χ3n) is 6.58. The molecule has 0 saturated carbocycles. The molecule has 1 aromatic heterocycles. The normalized spacial score (nSPS) is 19.2. The highest BCUT2D eigenvalue weighted by Crippen LogP contribution is 2.36. The lowest BCUT2D eigenvalue weighted by molar-refractivity contribution is -0.135. The summed E-state index contributed by atoms with van der Waals surface area (Å²) in [5.41, 5.74) is 1.51. The Morgan fingerprint density at radius 3 is 2.47 bits per heavy atom. The molecule has 3 heterocycles. The summed E-state index contributed by atoms with van der Waals surface area (Å²) in [5, 5.41) is 0.770. The predicted octanol–water partition coefficient (Wildman–Crippen LogP) is 4.02. The van der Waals surface area contributed by atoms with Crippen molar-refractivity contribution in [3.63, 3.8) is 0 Å². The molecule has 2 saturated heterocycles. The van der Waals surface area contributed by atoms with E-state index in [1.54, 1.807) is 24.3 Å². The molecule has 3 amide bonds. The number of halogens is 1. The number of carbonyl (C=O) groups is 2. The van der Waals surface area contributed by atoms with Gasteiger partial charge < -0.3 is 4.90 Å². The van der Waals surface area contributed by atoms with Crippen LogP contribution in [0.5, 0.6) is 0 Å². The zero-order valence-corrected chi connectivity index (χ0v) is 19.2. The van der Waals surface area contributed by atoms with E-state index >= 15 is 0 Å². The highest BCUT2D eigenvalue weighted by molar-refractivity contribution is 6.31. The molecule has 2 aliphatic rings. The van der Waals surface area contributed by atoms with Gasteiger partial charge in [-0.1, -0.05) is 41.9 Å². The molecule has 1 spiro atoms. The minimum absolute atomic E-state index is 0.0506. The van der Waals surface area contributed by atoms with E-state index in [4.69, 9.17) is 11.6 Å². The molecule has 1 aromatic carbocycles. The van der Waals surface area contributed by atoms with Crippen LogP contribution in [-0.2, 0) is 11.2 Å². The molecule has 2 aromatic rings. The number of likely N-dealkylation sites (tertiary alicyclic amines) is 1. The van der Waals surface area contributed by atoms with Gasteiger partial charge in [0.25, 0.3) is 5.91 Å². The number of piperidine rings is 1. The number of rotatable bonds is 7. The number of nitrogens with zero attached hydrogens (tertiary/aromatic N) is 4. The summed E-state index contributed by atoms with van der Waals surface area (Å²) in [6.45, 7) is 2.55. The number of benzene rings is 1. The average molecular weight is 453 g/mol. The summed E-state index contributed by atoms with van der Waals surface area (Å²) in [6.07, 6.45) is 8.33. The van der Waals surface area contributed by atoms with Gasteiger partial charge in [-0.3, -0.25) is 19.6 Å². The van der Waals surface area contributed by atoms with Gasteiger partial charge in [-0.25, -0.2) is 4.79 Å². The Balaban J connectivity index is 1.33. The van der Waals surface area contributed by atoms with Gasteiger partial charge in [-0.15, -0.1) is 0 Å². The lowest BCUT2D eigenvalue weighted by Crippen LogP contribution is -2.55. The first kappa shape index (κ1) is 22.5. The van der Waals surface area contributed by atoms with Crippen molar-refractivity contribution in [2.24, 2.45) is 0 Å². The largest absolute Gasteiger partial charge is 0.327 e. The summed E-state index contributed by atoms with van der Waals surface area (Å²) in [5.74, 6) is -0.0506. The molecule has 0 radical (unpaired) electrons. The average Bonchev–Trinajstić information content (AvgIpc) is 2.98. The SMILES string of the molecule is CN1C(=O)N(CCCc2ccncc2)C(=O)C12CCN(CC(Cl)=Cc1ccccc1)CC2. The van der Waals surface area contributed by atoms with Crippen LogP contribution in [0.25, 0.3) is 6.08 Å². The monoisotopic (exact) mass is 452 g/mol. The molecule has 0 N–H and O–H groups in total. The fourth-order valence-electron chi connectivity index (χ4n) is 4.65. The fraction of sp³-hybridized carbons (Fsp3) is 0.400. The van der Waals surface area contributed by atoms with Crippen molar-refractivity contribution >= 4 is 29.6 Å². The molecule has 4 rings (SSSR count).